The third-order valence-electron chi connectivity index (χ3n) is 4.73. The fourth-order valence-corrected chi connectivity index (χ4v) is 3.96. The number of aliphatic imine (C=N–C) groups is 1. The molecule has 2 aromatic rings. The van der Waals surface area contributed by atoms with E-state index in [1.807, 2.05) is 32.9 Å². The number of amides is 1. The highest BCUT2D eigenvalue weighted by Gasteiger charge is 2.24. The fourth-order valence-electron chi connectivity index (χ4n) is 2.99. The number of aryl methyl sites for hydroxylation is 2. The highest BCUT2D eigenvalue weighted by atomic mass is 32.2. The summed E-state index contributed by atoms with van der Waals surface area (Å²) in [6, 6.07) is 13.1. The number of ether oxygens (including phenoxy) is 1. The van der Waals surface area contributed by atoms with Gasteiger partial charge >= 0.3 is 0 Å². The van der Waals surface area contributed by atoms with Gasteiger partial charge in [-0.25, -0.2) is 4.99 Å². The highest BCUT2D eigenvalue weighted by Crippen LogP contribution is 2.26. The largest absolute Gasteiger partial charge is 0.484 e. The molecule has 1 amide bonds. The Morgan fingerprint density at radius 3 is 2.62 bits per heavy atom. The van der Waals surface area contributed by atoms with Crippen molar-refractivity contribution in [1.82, 2.24) is 4.90 Å². The van der Waals surface area contributed by atoms with Crippen LogP contribution >= 0.6 is 11.8 Å². The summed E-state index contributed by atoms with van der Waals surface area (Å²) in [6.07, 6.45) is 1.39. The Hall–Kier alpha value is -2.60. The Kier molecular flexibility index (Phi) is 7.09. The van der Waals surface area contributed by atoms with Crippen LogP contribution < -0.4 is 4.74 Å². The van der Waals surface area contributed by atoms with Crippen molar-refractivity contribution < 1.29 is 14.3 Å². The predicted octanol–water partition coefficient (Wildman–Crippen LogP) is 4.93. The van der Waals surface area contributed by atoms with Gasteiger partial charge in [0, 0.05) is 24.3 Å². The van der Waals surface area contributed by atoms with E-state index < -0.39 is 0 Å². The maximum absolute atomic E-state index is 12.8. The first-order valence-electron chi connectivity index (χ1n) is 9.83. The smallest absolute Gasteiger partial charge is 0.266 e. The molecule has 0 aromatic heterocycles. The van der Waals surface area contributed by atoms with Gasteiger partial charge in [-0.15, -0.1) is 0 Å². The standard InChI is InChI=1S/C23H26N2O3S/c1-4-21(26)18-8-10-19(11-9-18)28-15-22(27)25-12-5-13-29-23(25)24-20-14-16(2)6-7-17(20)3/h6-11,14H,4-5,12-13,15H2,1-3H3. The minimum atomic E-state index is -0.116. The first-order chi connectivity index (χ1) is 14.0. The third-order valence-corrected chi connectivity index (χ3v) is 5.79. The van der Waals surface area contributed by atoms with E-state index in [9.17, 15) is 9.59 Å². The fraction of sp³-hybridized carbons (Fsp3) is 0.348. The summed E-state index contributed by atoms with van der Waals surface area (Å²) in [7, 11) is 0. The van der Waals surface area contributed by atoms with E-state index >= 15 is 0 Å². The van der Waals surface area contributed by atoms with Crippen molar-refractivity contribution >= 4 is 34.3 Å². The molecule has 0 unspecified atom stereocenters. The average molecular weight is 411 g/mol. The second-order valence-corrected chi connectivity index (χ2v) is 8.08. The normalized spacial score (nSPS) is 15.4. The molecule has 1 aliphatic rings. The molecule has 6 heteroatoms. The van der Waals surface area contributed by atoms with E-state index in [1.165, 1.54) is 0 Å². The summed E-state index contributed by atoms with van der Waals surface area (Å²) in [5, 5.41) is 0.724. The lowest BCUT2D eigenvalue weighted by Crippen LogP contribution is -2.41. The van der Waals surface area contributed by atoms with E-state index in [1.54, 1.807) is 40.9 Å². The Labute approximate surface area is 176 Å². The molecular formula is C23H26N2O3S. The van der Waals surface area contributed by atoms with Crippen LogP contribution in [-0.4, -0.2) is 40.7 Å². The SMILES string of the molecule is CCC(=O)c1ccc(OCC(=O)N2CCCSC2=Nc2cc(C)ccc2C)cc1. The molecule has 152 valence electrons. The van der Waals surface area contributed by atoms with E-state index in [2.05, 4.69) is 6.07 Å². The van der Waals surface area contributed by atoms with Gasteiger partial charge in [-0.1, -0.05) is 30.8 Å². The third kappa shape index (κ3) is 5.48. The van der Waals surface area contributed by atoms with Crippen molar-refractivity contribution in [1.29, 1.82) is 0 Å². The first-order valence-corrected chi connectivity index (χ1v) is 10.8. The quantitative estimate of drug-likeness (QED) is 0.634. The second kappa shape index (κ2) is 9.74. The van der Waals surface area contributed by atoms with Gasteiger partial charge in [-0.2, -0.15) is 0 Å². The van der Waals surface area contributed by atoms with E-state index in [0.717, 1.165) is 34.2 Å². The van der Waals surface area contributed by atoms with Crippen LogP contribution in [0.15, 0.2) is 47.5 Å². The molecule has 0 N–H and O–H groups in total. The van der Waals surface area contributed by atoms with Crippen LogP contribution in [0.25, 0.3) is 0 Å². The van der Waals surface area contributed by atoms with Crippen LogP contribution in [-0.2, 0) is 4.79 Å². The highest BCUT2D eigenvalue weighted by molar-refractivity contribution is 8.13. The summed E-state index contributed by atoms with van der Waals surface area (Å²) >= 11 is 1.60. The van der Waals surface area contributed by atoms with Crippen molar-refractivity contribution in [3.8, 4) is 5.75 Å². The number of nitrogens with zero attached hydrogens (tertiary/aromatic N) is 2. The van der Waals surface area contributed by atoms with Crippen molar-refractivity contribution in [2.24, 2.45) is 4.99 Å². The van der Waals surface area contributed by atoms with E-state index in [0.29, 0.717) is 24.3 Å². The van der Waals surface area contributed by atoms with Gasteiger partial charge in [0.05, 0.1) is 5.69 Å². The predicted molar refractivity (Wildman–Crippen MR) is 118 cm³/mol. The van der Waals surface area contributed by atoms with Crippen LogP contribution in [0.2, 0.25) is 0 Å². The minimum absolute atomic E-state index is 0.0621. The number of amidine groups is 1. The molecule has 0 radical (unpaired) electrons. The zero-order valence-electron chi connectivity index (χ0n) is 17.1. The van der Waals surface area contributed by atoms with Gasteiger partial charge < -0.3 is 4.74 Å². The Bertz CT molecular complexity index is 922. The Morgan fingerprint density at radius 2 is 1.90 bits per heavy atom. The lowest BCUT2D eigenvalue weighted by Gasteiger charge is -2.28. The number of benzene rings is 2. The van der Waals surface area contributed by atoms with Gasteiger partial charge in [0.1, 0.15) is 5.75 Å². The molecule has 0 spiro atoms. The molecule has 2 aromatic carbocycles. The zero-order chi connectivity index (χ0) is 20.8. The number of ketones is 1. The zero-order valence-corrected chi connectivity index (χ0v) is 17.9. The molecule has 0 bridgehead atoms. The Morgan fingerprint density at radius 1 is 1.14 bits per heavy atom. The van der Waals surface area contributed by atoms with E-state index in [-0.39, 0.29) is 18.3 Å². The number of thioether (sulfide) groups is 1. The molecule has 1 fully saturated rings. The van der Waals surface area contributed by atoms with Gasteiger partial charge in [0.2, 0.25) is 0 Å². The Balaban J connectivity index is 1.69. The maximum Gasteiger partial charge on any atom is 0.266 e. The van der Waals surface area contributed by atoms with Crippen LogP contribution in [0.1, 0.15) is 41.3 Å². The van der Waals surface area contributed by atoms with Crippen LogP contribution in [0.5, 0.6) is 5.75 Å². The number of carbonyl (C=O) groups excluding carboxylic acids is 2. The van der Waals surface area contributed by atoms with Crippen molar-refractivity contribution in [2.45, 2.75) is 33.6 Å². The van der Waals surface area contributed by atoms with Crippen molar-refractivity contribution in [3.05, 3.63) is 59.2 Å². The lowest BCUT2D eigenvalue weighted by atomic mass is 10.1. The summed E-state index contributed by atoms with van der Waals surface area (Å²) < 4.78 is 5.66. The summed E-state index contributed by atoms with van der Waals surface area (Å²) in [5.41, 5.74) is 3.77. The number of rotatable bonds is 6. The number of Topliss-reactive ketones (excluding diaryl/α,β-unsaturated/α-hetero) is 1. The van der Waals surface area contributed by atoms with Gasteiger partial charge in [0.15, 0.2) is 17.6 Å². The van der Waals surface area contributed by atoms with Gasteiger partial charge in [-0.05, 0) is 61.7 Å². The maximum atomic E-state index is 12.8. The van der Waals surface area contributed by atoms with Gasteiger partial charge in [0.25, 0.3) is 5.91 Å². The monoisotopic (exact) mass is 410 g/mol. The number of hydrogen-bond donors (Lipinski definition) is 0. The second-order valence-electron chi connectivity index (χ2n) is 7.02. The molecule has 3 rings (SSSR count). The molecule has 0 atom stereocenters. The topological polar surface area (TPSA) is 59.0 Å². The molecule has 5 nitrogen and oxygen atoms in total. The van der Waals surface area contributed by atoms with Gasteiger partial charge in [-0.3, -0.25) is 14.5 Å². The number of carbonyl (C=O) groups is 2. The van der Waals surface area contributed by atoms with Crippen molar-refractivity contribution in [2.75, 3.05) is 18.9 Å². The average Bonchev–Trinajstić information content (AvgIpc) is 2.74. The first kappa shape index (κ1) is 21.1. The molecule has 0 saturated carbocycles. The number of hydrogen-bond acceptors (Lipinski definition) is 5. The van der Waals surface area contributed by atoms with Crippen LogP contribution in [0.3, 0.4) is 0 Å². The molecule has 29 heavy (non-hydrogen) atoms. The molecule has 1 saturated heterocycles. The molecule has 1 aliphatic heterocycles. The molecule has 1 heterocycles. The molecule has 0 aliphatic carbocycles. The van der Waals surface area contributed by atoms with Crippen molar-refractivity contribution in [3.63, 3.8) is 0 Å². The van der Waals surface area contributed by atoms with E-state index in [4.69, 9.17) is 9.73 Å². The lowest BCUT2D eigenvalue weighted by molar-refractivity contribution is -0.129. The summed E-state index contributed by atoms with van der Waals surface area (Å²) in [6.45, 7) is 6.47. The summed E-state index contributed by atoms with van der Waals surface area (Å²) in [4.78, 5) is 31.0. The van der Waals surface area contributed by atoms with Crippen LogP contribution in [0, 0.1) is 13.8 Å². The van der Waals surface area contributed by atoms with Crippen LogP contribution in [0.4, 0.5) is 5.69 Å². The molecular weight excluding hydrogens is 384 g/mol. The minimum Gasteiger partial charge on any atom is -0.484 e. The summed E-state index contributed by atoms with van der Waals surface area (Å²) in [5.74, 6) is 1.49.